The zero-order valence-corrected chi connectivity index (χ0v) is 22.9. The third-order valence-corrected chi connectivity index (χ3v) is 6.40. The quantitative estimate of drug-likeness (QED) is 0.300. The van der Waals surface area contributed by atoms with Gasteiger partial charge in [0.1, 0.15) is 0 Å². The van der Waals surface area contributed by atoms with Crippen molar-refractivity contribution in [1.29, 1.82) is 0 Å². The molecular formula is C25H41IN6. The maximum absolute atomic E-state index is 4.83. The van der Waals surface area contributed by atoms with Gasteiger partial charge in [0.2, 0.25) is 0 Å². The molecule has 6 nitrogen and oxygen atoms in total. The molecule has 32 heavy (non-hydrogen) atoms. The topological polar surface area (TPSA) is 57.5 Å². The van der Waals surface area contributed by atoms with Gasteiger partial charge in [-0.25, -0.2) is 4.99 Å². The molecule has 1 unspecified atom stereocenters. The van der Waals surface area contributed by atoms with E-state index >= 15 is 0 Å². The summed E-state index contributed by atoms with van der Waals surface area (Å²) in [6.45, 7) is 14.7. The molecule has 1 aliphatic heterocycles. The summed E-state index contributed by atoms with van der Waals surface area (Å²) in [7, 11) is 2.01. The van der Waals surface area contributed by atoms with Crippen LogP contribution in [0.15, 0.2) is 29.3 Å². The zero-order valence-electron chi connectivity index (χ0n) is 20.6. The normalized spacial score (nSPS) is 15.9. The third kappa shape index (κ3) is 7.12. The highest BCUT2D eigenvalue weighted by molar-refractivity contribution is 14.0. The Balaban J connectivity index is 0.00000363. The zero-order chi connectivity index (χ0) is 22.4. The highest BCUT2D eigenvalue weighted by atomic mass is 127. The number of rotatable bonds is 7. The number of piperidine rings is 1. The van der Waals surface area contributed by atoms with Gasteiger partial charge in [-0.15, -0.1) is 24.0 Å². The van der Waals surface area contributed by atoms with Gasteiger partial charge < -0.3 is 15.5 Å². The summed E-state index contributed by atoms with van der Waals surface area (Å²) in [4.78, 5) is 7.33. The van der Waals surface area contributed by atoms with Gasteiger partial charge in [0.15, 0.2) is 5.96 Å². The average Bonchev–Trinajstić information content (AvgIpc) is 2.99. The van der Waals surface area contributed by atoms with Crippen molar-refractivity contribution in [2.45, 2.75) is 66.5 Å². The van der Waals surface area contributed by atoms with Crippen molar-refractivity contribution < 1.29 is 0 Å². The van der Waals surface area contributed by atoms with Crippen molar-refractivity contribution in [1.82, 2.24) is 20.4 Å². The van der Waals surface area contributed by atoms with E-state index in [0.29, 0.717) is 6.54 Å². The van der Waals surface area contributed by atoms with Gasteiger partial charge >= 0.3 is 0 Å². The summed E-state index contributed by atoms with van der Waals surface area (Å²) in [5, 5.41) is 11.5. The SMILES string of the molecule is CCNC(=NCc1ccc(N2CCC(C)CC2)cc1)NC(C)Cc1c(C)nn(C)c1C.I. The highest BCUT2D eigenvalue weighted by Gasteiger charge is 2.16. The van der Waals surface area contributed by atoms with E-state index in [1.165, 1.54) is 48.4 Å². The Morgan fingerprint density at radius 3 is 2.41 bits per heavy atom. The number of aromatic nitrogens is 2. The van der Waals surface area contributed by atoms with Crippen LogP contribution in [0.1, 0.15) is 56.1 Å². The van der Waals surface area contributed by atoms with Crippen LogP contribution >= 0.6 is 24.0 Å². The number of benzene rings is 1. The lowest BCUT2D eigenvalue weighted by Gasteiger charge is -2.32. The Morgan fingerprint density at radius 1 is 1.19 bits per heavy atom. The summed E-state index contributed by atoms with van der Waals surface area (Å²) in [5.41, 5.74) is 6.23. The van der Waals surface area contributed by atoms with Crippen LogP contribution in [0.5, 0.6) is 0 Å². The lowest BCUT2D eigenvalue weighted by molar-refractivity contribution is 0.438. The van der Waals surface area contributed by atoms with E-state index in [1.807, 2.05) is 11.7 Å². The second-order valence-electron chi connectivity index (χ2n) is 9.05. The first-order valence-corrected chi connectivity index (χ1v) is 11.7. The number of hydrogen-bond donors (Lipinski definition) is 2. The summed E-state index contributed by atoms with van der Waals surface area (Å²) < 4.78 is 1.96. The molecule has 1 saturated heterocycles. The van der Waals surface area contributed by atoms with E-state index in [2.05, 4.69) is 79.5 Å². The first-order chi connectivity index (χ1) is 14.9. The van der Waals surface area contributed by atoms with Crippen LogP contribution in [-0.4, -0.2) is 41.4 Å². The molecule has 0 aliphatic carbocycles. The fraction of sp³-hybridized carbons (Fsp3) is 0.600. The summed E-state index contributed by atoms with van der Waals surface area (Å²) >= 11 is 0. The van der Waals surface area contributed by atoms with Crippen LogP contribution in [0.25, 0.3) is 0 Å². The van der Waals surface area contributed by atoms with Crippen LogP contribution in [-0.2, 0) is 20.0 Å². The molecule has 0 amide bonds. The molecule has 2 N–H and O–H groups in total. The second kappa shape index (κ2) is 12.5. The first kappa shape index (κ1) is 26.5. The number of aliphatic imine (C=N–C) groups is 1. The fourth-order valence-corrected chi connectivity index (χ4v) is 4.27. The second-order valence-corrected chi connectivity index (χ2v) is 9.05. The Labute approximate surface area is 211 Å². The van der Waals surface area contributed by atoms with Crippen LogP contribution in [0, 0.1) is 19.8 Å². The Bertz CT molecular complexity index is 865. The van der Waals surface area contributed by atoms with Crippen molar-refractivity contribution >= 4 is 35.6 Å². The Morgan fingerprint density at radius 2 is 1.84 bits per heavy atom. The summed E-state index contributed by atoms with van der Waals surface area (Å²) in [6, 6.07) is 9.19. The van der Waals surface area contributed by atoms with Crippen molar-refractivity contribution in [3.05, 3.63) is 46.8 Å². The Kier molecular flexibility index (Phi) is 10.3. The summed E-state index contributed by atoms with van der Waals surface area (Å²) in [6.07, 6.45) is 3.51. The maximum Gasteiger partial charge on any atom is 0.191 e. The molecule has 0 saturated carbocycles. The van der Waals surface area contributed by atoms with Gasteiger partial charge in [-0.1, -0.05) is 19.1 Å². The molecule has 2 heterocycles. The number of halogens is 1. The molecule has 0 spiro atoms. The molecule has 1 aliphatic rings. The van der Waals surface area contributed by atoms with E-state index < -0.39 is 0 Å². The molecule has 0 radical (unpaired) electrons. The van der Waals surface area contributed by atoms with Gasteiger partial charge in [-0.05, 0) is 76.1 Å². The Hall–Kier alpha value is -1.77. The minimum absolute atomic E-state index is 0. The molecule has 1 aromatic heterocycles. The fourth-order valence-electron chi connectivity index (χ4n) is 4.27. The number of nitrogens with zero attached hydrogens (tertiary/aromatic N) is 4. The van der Waals surface area contributed by atoms with Gasteiger partial charge in [0.05, 0.1) is 12.2 Å². The maximum atomic E-state index is 4.83. The van der Waals surface area contributed by atoms with E-state index in [9.17, 15) is 0 Å². The predicted molar refractivity (Wildman–Crippen MR) is 146 cm³/mol. The van der Waals surface area contributed by atoms with Crippen molar-refractivity contribution in [2.75, 3.05) is 24.5 Å². The number of anilines is 1. The lowest BCUT2D eigenvalue weighted by atomic mass is 9.99. The van der Waals surface area contributed by atoms with Crippen molar-refractivity contribution in [2.24, 2.45) is 18.0 Å². The first-order valence-electron chi connectivity index (χ1n) is 11.7. The largest absolute Gasteiger partial charge is 0.372 e. The van der Waals surface area contributed by atoms with E-state index in [0.717, 1.165) is 30.5 Å². The standard InChI is InChI=1S/C25H40N6.HI/c1-7-26-25(28-19(3)16-24-20(4)29-30(6)21(24)5)27-17-22-8-10-23(11-9-22)31-14-12-18(2)13-15-31;/h8-11,18-19H,7,12-17H2,1-6H3,(H2,26,27,28);1H. The minimum atomic E-state index is 0. The number of aryl methyl sites for hydroxylation is 2. The number of guanidine groups is 1. The molecule has 1 fully saturated rings. The minimum Gasteiger partial charge on any atom is -0.372 e. The monoisotopic (exact) mass is 552 g/mol. The molecule has 0 bridgehead atoms. The number of nitrogens with one attached hydrogen (secondary N) is 2. The van der Waals surface area contributed by atoms with Crippen molar-refractivity contribution in [3.63, 3.8) is 0 Å². The van der Waals surface area contributed by atoms with Gasteiger partial charge in [0.25, 0.3) is 0 Å². The van der Waals surface area contributed by atoms with E-state index in [1.54, 1.807) is 0 Å². The molecule has 1 atom stereocenters. The van der Waals surface area contributed by atoms with Crippen molar-refractivity contribution in [3.8, 4) is 0 Å². The van der Waals surface area contributed by atoms with E-state index in [-0.39, 0.29) is 30.0 Å². The molecule has 7 heteroatoms. The molecular weight excluding hydrogens is 511 g/mol. The van der Waals surface area contributed by atoms with Crippen LogP contribution in [0.4, 0.5) is 5.69 Å². The third-order valence-electron chi connectivity index (χ3n) is 6.40. The van der Waals surface area contributed by atoms with Crippen LogP contribution in [0.3, 0.4) is 0 Å². The smallest absolute Gasteiger partial charge is 0.191 e. The van der Waals surface area contributed by atoms with E-state index in [4.69, 9.17) is 4.99 Å². The highest BCUT2D eigenvalue weighted by Crippen LogP contribution is 2.23. The molecule has 178 valence electrons. The van der Waals surface area contributed by atoms with Gasteiger partial charge in [0, 0.05) is 44.1 Å². The van der Waals surface area contributed by atoms with Crippen LogP contribution < -0.4 is 15.5 Å². The van der Waals surface area contributed by atoms with Gasteiger partial charge in [-0.2, -0.15) is 5.10 Å². The molecule has 3 rings (SSSR count). The molecule has 1 aromatic carbocycles. The predicted octanol–water partition coefficient (Wildman–Crippen LogP) is 4.58. The van der Waals surface area contributed by atoms with Crippen LogP contribution in [0.2, 0.25) is 0 Å². The average molecular weight is 553 g/mol. The summed E-state index contributed by atoms with van der Waals surface area (Å²) in [5.74, 6) is 1.72. The van der Waals surface area contributed by atoms with Gasteiger partial charge in [-0.3, -0.25) is 4.68 Å². The lowest BCUT2D eigenvalue weighted by Crippen LogP contribution is -2.43. The number of hydrogen-bond acceptors (Lipinski definition) is 3. The molecule has 2 aromatic rings.